The van der Waals surface area contributed by atoms with Crippen LogP contribution in [0.1, 0.15) is 25.5 Å². The topological polar surface area (TPSA) is 101 Å². The van der Waals surface area contributed by atoms with Gasteiger partial charge < -0.3 is 25.8 Å². The minimum absolute atomic E-state index is 0.0621. The van der Waals surface area contributed by atoms with Crippen LogP contribution < -0.4 is 26.8 Å². The molecule has 4 atom stereocenters. The molecule has 0 bridgehead atoms. The fraction of sp³-hybridized carbons (Fsp3) is 0.407. The zero-order valence-electron chi connectivity index (χ0n) is 21.4. The summed E-state index contributed by atoms with van der Waals surface area (Å²) in [7, 11) is 4.02. The van der Waals surface area contributed by atoms with Gasteiger partial charge in [0.1, 0.15) is 0 Å². The molecule has 0 saturated carbocycles. The van der Waals surface area contributed by atoms with E-state index in [1.807, 2.05) is 61.5 Å². The summed E-state index contributed by atoms with van der Waals surface area (Å²) >= 11 is 0. The second-order valence-corrected chi connectivity index (χ2v) is 10.3. The van der Waals surface area contributed by atoms with E-state index in [1.54, 1.807) is 0 Å². The molecule has 2 aliphatic heterocycles. The van der Waals surface area contributed by atoms with Crippen LogP contribution in [-0.2, 0) is 4.79 Å². The molecule has 9 heteroatoms. The number of likely N-dealkylation sites (tertiary alicyclic amines) is 1. The number of hydrogen-bond donors (Lipinski definition) is 5. The van der Waals surface area contributed by atoms with E-state index < -0.39 is 5.54 Å². The third-order valence-corrected chi connectivity index (χ3v) is 7.05. The highest BCUT2D eigenvalue weighted by molar-refractivity contribution is 5.98. The van der Waals surface area contributed by atoms with Crippen LogP contribution in [0.15, 0.2) is 67.3 Å². The highest BCUT2D eigenvalue weighted by Crippen LogP contribution is 2.38. The Balaban J connectivity index is 1.43. The minimum Gasteiger partial charge on any atom is -0.368 e. The van der Waals surface area contributed by atoms with E-state index >= 15 is 0 Å². The number of hydrazine groups is 1. The Morgan fingerprint density at radius 1 is 1.11 bits per heavy atom. The summed E-state index contributed by atoms with van der Waals surface area (Å²) < 4.78 is 0. The molecule has 0 spiro atoms. The highest BCUT2D eigenvalue weighted by atomic mass is 16.2. The van der Waals surface area contributed by atoms with Crippen molar-refractivity contribution in [2.75, 3.05) is 37.8 Å². The van der Waals surface area contributed by atoms with Gasteiger partial charge in [0.2, 0.25) is 5.91 Å². The molecule has 0 radical (unpaired) electrons. The van der Waals surface area contributed by atoms with Gasteiger partial charge in [-0.05, 0) is 63.8 Å². The van der Waals surface area contributed by atoms with E-state index in [1.165, 1.54) is 6.08 Å². The van der Waals surface area contributed by atoms with Crippen LogP contribution in [0.25, 0.3) is 0 Å². The Morgan fingerprint density at radius 2 is 1.78 bits per heavy atom. The van der Waals surface area contributed by atoms with Gasteiger partial charge in [0, 0.05) is 30.4 Å². The van der Waals surface area contributed by atoms with E-state index in [0.29, 0.717) is 18.8 Å². The van der Waals surface area contributed by atoms with Crippen molar-refractivity contribution in [1.29, 1.82) is 0 Å². The molecule has 4 rings (SSSR count). The number of urea groups is 1. The number of fused-ring (bicyclic) bond motifs is 1. The Kier molecular flexibility index (Phi) is 7.63. The van der Waals surface area contributed by atoms with Gasteiger partial charge in [-0.2, -0.15) is 0 Å². The van der Waals surface area contributed by atoms with Crippen molar-refractivity contribution in [2.45, 2.75) is 37.6 Å². The molecular weight excluding hydrogens is 454 g/mol. The van der Waals surface area contributed by atoms with Crippen LogP contribution >= 0.6 is 0 Å². The zero-order valence-corrected chi connectivity index (χ0v) is 21.4. The number of carbonyl (C=O) groups is 2. The summed E-state index contributed by atoms with van der Waals surface area (Å²) in [6.45, 7) is 9.01. The molecule has 3 unspecified atom stereocenters. The number of likely N-dealkylation sites (N-methyl/N-ethyl adjacent to an activating group) is 1. The molecule has 2 aromatic carbocycles. The molecule has 2 heterocycles. The Labute approximate surface area is 213 Å². The molecule has 0 aliphatic carbocycles. The lowest BCUT2D eigenvalue weighted by Gasteiger charge is -2.37. The number of benzene rings is 2. The van der Waals surface area contributed by atoms with Gasteiger partial charge in [-0.15, -0.1) is 0 Å². The Bertz CT molecular complexity index is 1070. The van der Waals surface area contributed by atoms with E-state index in [9.17, 15) is 9.59 Å². The molecule has 2 aromatic rings. The summed E-state index contributed by atoms with van der Waals surface area (Å²) in [4.78, 5) is 29.1. The average molecular weight is 492 g/mol. The molecule has 192 valence electrons. The molecule has 36 heavy (non-hydrogen) atoms. The SMILES string of the molecule is C=CC(=O)Nc1ccc(NC2NNC3C2CN(C(=O)N[C@H](CN(C)C)c2ccccc2)C3(C)C)cc1. The number of carbonyl (C=O) groups excluding carboxylic acids is 2. The van der Waals surface area contributed by atoms with Crippen molar-refractivity contribution in [3.63, 3.8) is 0 Å². The fourth-order valence-electron chi connectivity index (χ4n) is 5.13. The number of anilines is 2. The molecule has 2 saturated heterocycles. The Hall–Kier alpha value is -3.40. The maximum absolute atomic E-state index is 13.6. The van der Waals surface area contributed by atoms with Crippen LogP contribution in [-0.4, -0.2) is 66.7 Å². The largest absolute Gasteiger partial charge is 0.368 e. The molecule has 2 aliphatic rings. The fourth-order valence-corrected chi connectivity index (χ4v) is 5.13. The third-order valence-electron chi connectivity index (χ3n) is 7.05. The highest BCUT2D eigenvalue weighted by Gasteiger charge is 2.55. The van der Waals surface area contributed by atoms with Gasteiger partial charge >= 0.3 is 6.03 Å². The summed E-state index contributed by atoms with van der Waals surface area (Å²) in [5.74, 6) is -0.0817. The van der Waals surface area contributed by atoms with Gasteiger partial charge in [-0.1, -0.05) is 36.9 Å². The first-order valence-corrected chi connectivity index (χ1v) is 12.3. The van der Waals surface area contributed by atoms with Crippen molar-refractivity contribution in [1.82, 2.24) is 26.0 Å². The standard InChI is InChI=1S/C27H37N7O2/c1-6-23(35)28-19-12-14-20(15-13-19)29-25-21-16-34(27(2,3)24(21)31-32-25)26(36)30-22(17-33(4)5)18-10-8-7-9-11-18/h6-15,21-22,24-25,29,31-32H,1,16-17H2,2-5H3,(H,28,35)(H,30,36)/t21?,22-,24?,25?/m1/s1. The van der Waals surface area contributed by atoms with Crippen LogP contribution in [0.3, 0.4) is 0 Å². The van der Waals surface area contributed by atoms with Crippen molar-refractivity contribution in [3.05, 3.63) is 72.8 Å². The number of rotatable bonds is 8. The number of amides is 3. The lowest BCUT2D eigenvalue weighted by molar-refractivity contribution is -0.111. The minimum atomic E-state index is -0.392. The second-order valence-electron chi connectivity index (χ2n) is 10.3. The van der Waals surface area contributed by atoms with Crippen molar-refractivity contribution in [2.24, 2.45) is 5.92 Å². The van der Waals surface area contributed by atoms with Crippen LogP contribution in [0.2, 0.25) is 0 Å². The van der Waals surface area contributed by atoms with Gasteiger partial charge in [0.15, 0.2) is 0 Å². The first-order chi connectivity index (χ1) is 17.2. The lowest BCUT2D eigenvalue weighted by atomic mass is 9.90. The molecular formula is C27H37N7O2. The summed E-state index contributed by atoms with van der Waals surface area (Å²) in [5, 5.41) is 9.55. The van der Waals surface area contributed by atoms with E-state index in [4.69, 9.17) is 0 Å². The predicted octanol–water partition coefficient (Wildman–Crippen LogP) is 2.75. The maximum Gasteiger partial charge on any atom is 0.318 e. The smallest absolute Gasteiger partial charge is 0.318 e. The zero-order chi connectivity index (χ0) is 25.9. The molecule has 2 fully saturated rings. The second kappa shape index (κ2) is 10.7. The van der Waals surface area contributed by atoms with Gasteiger partial charge in [0.25, 0.3) is 0 Å². The number of nitrogens with one attached hydrogen (secondary N) is 5. The van der Waals surface area contributed by atoms with E-state index in [2.05, 4.69) is 64.3 Å². The molecule has 0 aromatic heterocycles. The van der Waals surface area contributed by atoms with Crippen molar-refractivity contribution < 1.29 is 9.59 Å². The third kappa shape index (κ3) is 5.53. The summed E-state index contributed by atoms with van der Waals surface area (Å²) in [6.07, 6.45) is 1.18. The normalized spacial score (nSPS) is 23.1. The van der Waals surface area contributed by atoms with E-state index in [0.717, 1.165) is 11.3 Å². The molecule has 5 N–H and O–H groups in total. The first-order valence-electron chi connectivity index (χ1n) is 12.3. The monoisotopic (exact) mass is 491 g/mol. The van der Waals surface area contributed by atoms with Crippen molar-refractivity contribution in [3.8, 4) is 0 Å². The van der Waals surface area contributed by atoms with Crippen LogP contribution in [0.4, 0.5) is 16.2 Å². The van der Waals surface area contributed by atoms with Crippen molar-refractivity contribution >= 4 is 23.3 Å². The Morgan fingerprint density at radius 3 is 2.42 bits per heavy atom. The van der Waals surface area contributed by atoms with Crippen LogP contribution in [0.5, 0.6) is 0 Å². The summed E-state index contributed by atoms with van der Waals surface area (Å²) in [5.41, 5.74) is 9.10. The predicted molar refractivity (Wildman–Crippen MR) is 143 cm³/mol. The number of hydrogen-bond acceptors (Lipinski definition) is 6. The maximum atomic E-state index is 13.6. The molecule has 3 amide bonds. The van der Waals surface area contributed by atoms with E-state index in [-0.39, 0.29) is 36.1 Å². The van der Waals surface area contributed by atoms with Gasteiger partial charge in [0.05, 0.1) is 23.8 Å². The van der Waals surface area contributed by atoms with Gasteiger partial charge in [-0.25, -0.2) is 10.2 Å². The van der Waals surface area contributed by atoms with Crippen LogP contribution in [0, 0.1) is 5.92 Å². The average Bonchev–Trinajstić information content (AvgIpc) is 3.37. The quantitative estimate of drug-likeness (QED) is 0.364. The lowest BCUT2D eigenvalue weighted by Crippen LogP contribution is -2.57. The summed E-state index contributed by atoms with van der Waals surface area (Å²) in [6, 6.07) is 17.5. The first kappa shape index (κ1) is 25.7. The number of nitrogens with zero attached hydrogens (tertiary/aromatic N) is 2. The molecule has 9 nitrogen and oxygen atoms in total. The van der Waals surface area contributed by atoms with Gasteiger partial charge in [-0.3, -0.25) is 10.2 Å².